The van der Waals surface area contributed by atoms with Crippen molar-refractivity contribution >= 4 is 40.8 Å². The highest BCUT2D eigenvalue weighted by atomic mass is 35.5. The number of anilines is 2. The molecule has 2 rings (SSSR count). The van der Waals surface area contributed by atoms with E-state index in [1.165, 1.54) is 19.2 Å². The van der Waals surface area contributed by atoms with Crippen LogP contribution >= 0.6 is 11.6 Å². The predicted molar refractivity (Wildman–Crippen MR) is 91.2 cm³/mol. The van der Waals surface area contributed by atoms with Crippen LogP contribution in [-0.4, -0.2) is 24.9 Å². The van der Waals surface area contributed by atoms with Crippen LogP contribution in [0, 0.1) is 6.92 Å². The number of amides is 2. The van der Waals surface area contributed by atoms with Gasteiger partial charge in [0, 0.05) is 10.7 Å². The molecule has 0 saturated heterocycles. The van der Waals surface area contributed by atoms with Gasteiger partial charge in [-0.1, -0.05) is 29.8 Å². The highest BCUT2D eigenvalue weighted by Crippen LogP contribution is 2.20. The van der Waals surface area contributed by atoms with Gasteiger partial charge in [-0.05, 0) is 36.8 Å². The monoisotopic (exact) mass is 346 g/mol. The Bertz CT molecular complexity index is 805. The normalized spacial score (nSPS) is 9.96. The molecule has 2 N–H and O–H groups in total. The van der Waals surface area contributed by atoms with Crippen LogP contribution in [0.25, 0.3) is 0 Å². The summed E-state index contributed by atoms with van der Waals surface area (Å²) in [6, 6.07) is 11.1. The molecule has 2 aromatic rings. The number of carbonyl (C=O) groups is 3. The number of para-hydroxylation sites is 1. The fourth-order valence-corrected chi connectivity index (χ4v) is 2.10. The summed E-state index contributed by atoms with van der Waals surface area (Å²) in [5.41, 5.74) is 1.59. The molecule has 0 aromatic heterocycles. The van der Waals surface area contributed by atoms with Crippen molar-refractivity contribution in [3.8, 4) is 0 Å². The lowest BCUT2D eigenvalue weighted by Crippen LogP contribution is -2.29. The first-order valence-corrected chi connectivity index (χ1v) is 7.36. The second kappa shape index (κ2) is 7.61. The minimum Gasteiger partial charge on any atom is -0.465 e. The van der Waals surface area contributed by atoms with Crippen LogP contribution in [-0.2, 0) is 14.3 Å². The van der Waals surface area contributed by atoms with Gasteiger partial charge in [0.2, 0.25) is 0 Å². The number of esters is 1. The molecule has 0 unspecified atom stereocenters. The summed E-state index contributed by atoms with van der Waals surface area (Å²) < 4.78 is 4.63. The van der Waals surface area contributed by atoms with Gasteiger partial charge >= 0.3 is 17.8 Å². The van der Waals surface area contributed by atoms with E-state index in [1.807, 2.05) is 6.92 Å². The minimum absolute atomic E-state index is 0.152. The van der Waals surface area contributed by atoms with E-state index < -0.39 is 17.8 Å². The molecule has 0 aliphatic rings. The Kier molecular flexibility index (Phi) is 5.55. The summed E-state index contributed by atoms with van der Waals surface area (Å²) in [5.74, 6) is -2.41. The van der Waals surface area contributed by atoms with Crippen LogP contribution in [0.2, 0.25) is 5.02 Å². The Morgan fingerprint density at radius 1 is 1.00 bits per heavy atom. The maximum atomic E-state index is 12.0. The van der Waals surface area contributed by atoms with Crippen LogP contribution in [0.15, 0.2) is 42.5 Å². The van der Waals surface area contributed by atoms with Crippen molar-refractivity contribution < 1.29 is 19.1 Å². The molecule has 0 radical (unpaired) electrons. The lowest BCUT2D eigenvalue weighted by molar-refractivity contribution is -0.133. The lowest BCUT2D eigenvalue weighted by atomic mass is 10.2. The summed E-state index contributed by atoms with van der Waals surface area (Å²) in [5, 5.41) is 5.30. The Morgan fingerprint density at radius 2 is 1.67 bits per heavy atom. The van der Waals surface area contributed by atoms with Crippen LogP contribution in [0.5, 0.6) is 0 Å². The number of ether oxygens (including phenoxy) is 1. The minimum atomic E-state index is -0.914. The van der Waals surface area contributed by atoms with E-state index in [0.29, 0.717) is 10.7 Å². The Hall–Kier alpha value is -2.86. The molecule has 0 atom stereocenters. The number of halogens is 1. The Morgan fingerprint density at radius 3 is 2.33 bits per heavy atom. The molecule has 0 aliphatic heterocycles. The average molecular weight is 347 g/mol. The number of nitrogens with one attached hydrogen (secondary N) is 2. The zero-order valence-corrected chi connectivity index (χ0v) is 13.8. The molecule has 2 amide bonds. The number of rotatable bonds is 3. The van der Waals surface area contributed by atoms with E-state index in [0.717, 1.165) is 5.56 Å². The average Bonchev–Trinajstić information content (AvgIpc) is 2.58. The molecular weight excluding hydrogens is 332 g/mol. The maximum absolute atomic E-state index is 12.0. The first kappa shape index (κ1) is 17.5. The fourth-order valence-electron chi connectivity index (χ4n) is 1.92. The highest BCUT2D eigenvalue weighted by Gasteiger charge is 2.18. The molecule has 0 aliphatic carbocycles. The standard InChI is InChI=1S/C17H15ClN2O4/c1-10-7-8-11(9-13(10)18)19-15(21)16(22)20-14-6-4-3-5-12(14)17(23)24-2/h3-9H,1-2H3,(H,19,21)(H,20,22). The van der Waals surface area contributed by atoms with E-state index >= 15 is 0 Å². The number of hydrogen-bond acceptors (Lipinski definition) is 4. The molecule has 0 bridgehead atoms. The SMILES string of the molecule is COC(=O)c1ccccc1NC(=O)C(=O)Nc1ccc(C)c(Cl)c1. The molecule has 6 nitrogen and oxygen atoms in total. The Labute approximate surface area is 143 Å². The largest absolute Gasteiger partial charge is 0.465 e. The van der Waals surface area contributed by atoms with Gasteiger partial charge in [0.1, 0.15) is 0 Å². The molecule has 7 heteroatoms. The molecule has 0 heterocycles. The third kappa shape index (κ3) is 4.11. The summed E-state index contributed by atoms with van der Waals surface area (Å²) in [4.78, 5) is 35.7. The summed E-state index contributed by atoms with van der Waals surface area (Å²) >= 11 is 5.97. The molecule has 2 aromatic carbocycles. The zero-order valence-electron chi connectivity index (χ0n) is 13.1. The van der Waals surface area contributed by atoms with Gasteiger partial charge in [-0.2, -0.15) is 0 Å². The van der Waals surface area contributed by atoms with E-state index in [4.69, 9.17) is 11.6 Å². The molecule has 0 spiro atoms. The van der Waals surface area contributed by atoms with Gasteiger partial charge in [0.25, 0.3) is 0 Å². The van der Waals surface area contributed by atoms with Gasteiger partial charge in [-0.3, -0.25) is 9.59 Å². The van der Waals surface area contributed by atoms with Crippen LogP contribution in [0.1, 0.15) is 15.9 Å². The van der Waals surface area contributed by atoms with E-state index in [1.54, 1.807) is 30.3 Å². The van der Waals surface area contributed by atoms with Crippen molar-refractivity contribution in [1.29, 1.82) is 0 Å². The summed E-state index contributed by atoms with van der Waals surface area (Å²) in [7, 11) is 1.23. The van der Waals surface area contributed by atoms with Crippen molar-refractivity contribution in [2.45, 2.75) is 6.92 Å². The van der Waals surface area contributed by atoms with Gasteiger partial charge < -0.3 is 15.4 Å². The zero-order chi connectivity index (χ0) is 17.7. The van der Waals surface area contributed by atoms with Crippen molar-refractivity contribution in [3.63, 3.8) is 0 Å². The first-order chi connectivity index (χ1) is 11.4. The second-order valence-corrected chi connectivity index (χ2v) is 5.32. The van der Waals surface area contributed by atoms with E-state index in [9.17, 15) is 14.4 Å². The Balaban J connectivity index is 2.11. The summed E-state index contributed by atoms with van der Waals surface area (Å²) in [6.45, 7) is 1.82. The van der Waals surface area contributed by atoms with Crippen molar-refractivity contribution in [1.82, 2.24) is 0 Å². The molecule has 24 heavy (non-hydrogen) atoms. The number of aryl methyl sites for hydroxylation is 1. The third-order valence-electron chi connectivity index (χ3n) is 3.22. The maximum Gasteiger partial charge on any atom is 0.339 e. The van der Waals surface area contributed by atoms with Gasteiger partial charge in [0.05, 0.1) is 18.4 Å². The fraction of sp³-hybridized carbons (Fsp3) is 0.118. The van der Waals surface area contributed by atoms with Crippen molar-refractivity contribution in [2.24, 2.45) is 0 Å². The molecule has 0 fully saturated rings. The number of benzene rings is 2. The quantitative estimate of drug-likeness (QED) is 0.661. The van der Waals surface area contributed by atoms with Gasteiger partial charge in [-0.15, -0.1) is 0 Å². The van der Waals surface area contributed by atoms with E-state index in [2.05, 4.69) is 15.4 Å². The number of methoxy groups -OCH3 is 1. The topological polar surface area (TPSA) is 84.5 Å². The predicted octanol–water partition coefficient (Wildman–Crippen LogP) is 3.01. The highest BCUT2D eigenvalue weighted by molar-refractivity contribution is 6.44. The lowest BCUT2D eigenvalue weighted by Gasteiger charge is -2.10. The van der Waals surface area contributed by atoms with Gasteiger partial charge in [-0.25, -0.2) is 4.79 Å². The smallest absolute Gasteiger partial charge is 0.339 e. The first-order valence-electron chi connectivity index (χ1n) is 6.98. The van der Waals surface area contributed by atoms with Crippen molar-refractivity contribution in [2.75, 3.05) is 17.7 Å². The molecule has 0 saturated carbocycles. The number of carbonyl (C=O) groups excluding carboxylic acids is 3. The van der Waals surface area contributed by atoms with Crippen molar-refractivity contribution in [3.05, 3.63) is 58.6 Å². The van der Waals surface area contributed by atoms with E-state index in [-0.39, 0.29) is 11.3 Å². The summed E-state index contributed by atoms with van der Waals surface area (Å²) in [6.07, 6.45) is 0. The van der Waals surface area contributed by atoms with Crippen LogP contribution in [0.4, 0.5) is 11.4 Å². The number of hydrogen-bond donors (Lipinski definition) is 2. The molecular formula is C17H15ClN2O4. The molecule has 124 valence electrons. The van der Waals surface area contributed by atoms with Gasteiger partial charge in [0.15, 0.2) is 0 Å². The third-order valence-corrected chi connectivity index (χ3v) is 3.62. The second-order valence-electron chi connectivity index (χ2n) is 4.91. The van der Waals surface area contributed by atoms with Crippen LogP contribution in [0.3, 0.4) is 0 Å². The van der Waals surface area contributed by atoms with Crippen LogP contribution < -0.4 is 10.6 Å².